The lowest BCUT2D eigenvalue weighted by atomic mass is 10.1. The smallest absolute Gasteiger partial charge is 0.320 e. The summed E-state index contributed by atoms with van der Waals surface area (Å²) in [4.78, 5) is 20.4. The number of rotatable bonds is 14. The van der Waals surface area contributed by atoms with Gasteiger partial charge in [0, 0.05) is 6.42 Å². The van der Waals surface area contributed by atoms with Gasteiger partial charge in [0.05, 0.1) is 0 Å². The number of hydrogen-bond acceptors (Lipinski definition) is 4. The van der Waals surface area contributed by atoms with Crippen LogP contribution in [0.4, 0.5) is 0 Å². The topological polar surface area (TPSA) is 113 Å². The fourth-order valence-corrected chi connectivity index (χ4v) is 1.99. The maximum Gasteiger partial charge on any atom is 0.320 e. The first kappa shape index (κ1) is 24.1. The minimum absolute atomic E-state index is 0.222. The van der Waals surface area contributed by atoms with E-state index in [1.807, 2.05) is 0 Å². The Morgan fingerprint density at radius 1 is 0.957 bits per heavy atom. The Morgan fingerprint density at radius 2 is 1.52 bits per heavy atom. The molecule has 0 heterocycles. The van der Waals surface area contributed by atoms with Gasteiger partial charge >= 0.3 is 11.9 Å². The van der Waals surface area contributed by atoms with Crippen LogP contribution in [0.15, 0.2) is 0 Å². The fourth-order valence-electron chi connectivity index (χ4n) is 1.99. The van der Waals surface area contributed by atoms with Crippen molar-refractivity contribution >= 4 is 11.9 Å². The van der Waals surface area contributed by atoms with Crippen molar-refractivity contribution in [2.24, 2.45) is 5.73 Å². The molecule has 1 atom stereocenters. The molecule has 23 heavy (non-hydrogen) atoms. The summed E-state index contributed by atoms with van der Waals surface area (Å²) in [7, 11) is 0. The third-order valence-electron chi connectivity index (χ3n) is 3.47. The monoisotopic (exact) mass is 332 g/mol. The Balaban J connectivity index is 0. The third kappa shape index (κ3) is 20.9. The third-order valence-corrected chi connectivity index (χ3v) is 3.47. The molecule has 138 valence electrons. The molecule has 6 nitrogen and oxygen atoms in total. The van der Waals surface area contributed by atoms with Crippen molar-refractivity contribution in [1.29, 1.82) is 0 Å². The Morgan fingerprint density at radius 3 is 2.00 bits per heavy atom. The molecule has 0 aromatic heterocycles. The van der Waals surface area contributed by atoms with Crippen LogP contribution in [0.5, 0.6) is 0 Å². The second-order valence-electron chi connectivity index (χ2n) is 5.64. The number of carbonyl (C=O) groups is 2. The summed E-state index contributed by atoms with van der Waals surface area (Å²) in [6.07, 6.45) is 10.1. The summed E-state index contributed by atoms with van der Waals surface area (Å²) < 4.78 is 0. The zero-order valence-electron chi connectivity index (χ0n) is 14.9. The Hall–Kier alpha value is -1.14. The number of nitrogens with two attached hydrogens (primary N) is 1. The lowest BCUT2D eigenvalue weighted by molar-refractivity contribution is -0.140. The lowest BCUT2D eigenvalue weighted by Crippen LogP contribution is -2.37. The van der Waals surface area contributed by atoms with Gasteiger partial charge in [-0.15, -0.1) is 0 Å². The van der Waals surface area contributed by atoms with Crippen molar-refractivity contribution in [2.75, 3.05) is 13.1 Å². The molecule has 0 aliphatic heterocycles. The average molecular weight is 332 g/mol. The van der Waals surface area contributed by atoms with E-state index in [2.05, 4.69) is 12.2 Å². The van der Waals surface area contributed by atoms with Crippen LogP contribution >= 0.6 is 0 Å². The highest BCUT2D eigenvalue weighted by Gasteiger charge is 2.15. The number of carboxylic acids is 2. The summed E-state index contributed by atoms with van der Waals surface area (Å²) >= 11 is 0. The molecule has 0 spiro atoms. The SMILES string of the molecule is CCC(=O)O.CCCCCCCCN[C@@H](CCCCN)C(=O)O. The van der Waals surface area contributed by atoms with E-state index >= 15 is 0 Å². The highest BCUT2D eigenvalue weighted by Crippen LogP contribution is 2.05. The van der Waals surface area contributed by atoms with Gasteiger partial charge in [-0.3, -0.25) is 9.59 Å². The molecule has 0 aromatic rings. The van der Waals surface area contributed by atoms with Crippen molar-refractivity contribution < 1.29 is 19.8 Å². The second-order valence-corrected chi connectivity index (χ2v) is 5.64. The summed E-state index contributed by atoms with van der Waals surface area (Å²) in [5.74, 6) is -1.48. The van der Waals surface area contributed by atoms with E-state index < -0.39 is 18.0 Å². The summed E-state index contributed by atoms with van der Waals surface area (Å²) in [5.41, 5.74) is 5.40. The number of hydrogen-bond donors (Lipinski definition) is 4. The molecular weight excluding hydrogens is 296 g/mol. The largest absolute Gasteiger partial charge is 0.481 e. The molecule has 5 N–H and O–H groups in total. The van der Waals surface area contributed by atoms with Crippen LogP contribution in [-0.2, 0) is 9.59 Å². The van der Waals surface area contributed by atoms with E-state index in [-0.39, 0.29) is 6.42 Å². The molecule has 0 rings (SSSR count). The van der Waals surface area contributed by atoms with E-state index in [9.17, 15) is 9.59 Å². The molecule has 0 aromatic carbocycles. The van der Waals surface area contributed by atoms with Crippen LogP contribution in [-0.4, -0.2) is 41.3 Å². The summed E-state index contributed by atoms with van der Waals surface area (Å²) in [6.45, 7) is 5.26. The number of unbranched alkanes of at least 4 members (excludes halogenated alkanes) is 6. The molecule has 0 saturated carbocycles. The van der Waals surface area contributed by atoms with E-state index in [4.69, 9.17) is 15.9 Å². The van der Waals surface area contributed by atoms with Crippen LogP contribution in [0, 0.1) is 0 Å². The van der Waals surface area contributed by atoms with Crippen LogP contribution in [0.3, 0.4) is 0 Å². The first-order valence-corrected chi connectivity index (χ1v) is 8.87. The lowest BCUT2D eigenvalue weighted by Gasteiger charge is -2.14. The van der Waals surface area contributed by atoms with Gasteiger partial charge in [0.25, 0.3) is 0 Å². The van der Waals surface area contributed by atoms with Gasteiger partial charge in [-0.2, -0.15) is 0 Å². The van der Waals surface area contributed by atoms with Crippen LogP contribution in [0.2, 0.25) is 0 Å². The molecular formula is C17H36N2O4. The van der Waals surface area contributed by atoms with Gasteiger partial charge in [-0.25, -0.2) is 0 Å². The van der Waals surface area contributed by atoms with Crippen molar-refractivity contribution in [3.8, 4) is 0 Å². The normalized spacial score (nSPS) is 11.4. The van der Waals surface area contributed by atoms with Gasteiger partial charge in [-0.1, -0.05) is 52.4 Å². The van der Waals surface area contributed by atoms with Gasteiger partial charge in [0.2, 0.25) is 0 Å². The van der Waals surface area contributed by atoms with Gasteiger partial charge in [0.15, 0.2) is 0 Å². The van der Waals surface area contributed by atoms with Gasteiger partial charge in [0.1, 0.15) is 6.04 Å². The van der Waals surface area contributed by atoms with Crippen molar-refractivity contribution in [2.45, 2.75) is 84.1 Å². The second kappa shape index (κ2) is 18.9. The molecule has 6 heteroatoms. The van der Waals surface area contributed by atoms with E-state index in [1.54, 1.807) is 6.92 Å². The number of aliphatic carboxylic acids is 2. The predicted molar refractivity (Wildman–Crippen MR) is 93.6 cm³/mol. The van der Waals surface area contributed by atoms with E-state index in [1.165, 1.54) is 32.1 Å². The minimum Gasteiger partial charge on any atom is -0.481 e. The standard InChI is InChI=1S/C14H30N2O2.C3H6O2/c1-2-3-4-5-6-9-12-16-13(14(17)18)10-7-8-11-15;1-2-3(4)5/h13,16H,2-12,15H2,1H3,(H,17,18);2H2,1H3,(H,4,5)/t13-;/m0./s1. The number of nitrogens with one attached hydrogen (secondary N) is 1. The Bertz CT molecular complexity index is 286. The quantitative estimate of drug-likeness (QED) is 0.364. The fraction of sp³-hybridized carbons (Fsp3) is 0.882. The van der Waals surface area contributed by atoms with Crippen LogP contribution < -0.4 is 11.1 Å². The first-order chi connectivity index (χ1) is 11.0. The van der Waals surface area contributed by atoms with Crippen LogP contribution in [0.1, 0.15) is 78.1 Å². The van der Waals surface area contributed by atoms with Crippen molar-refractivity contribution in [1.82, 2.24) is 5.32 Å². The molecule has 0 saturated heterocycles. The van der Waals surface area contributed by atoms with E-state index in [0.29, 0.717) is 13.0 Å². The highest BCUT2D eigenvalue weighted by molar-refractivity contribution is 5.73. The maximum atomic E-state index is 11.0. The molecule has 0 aliphatic carbocycles. The maximum absolute atomic E-state index is 11.0. The molecule has 0 amide bonds. The zero-order valence-corrected chi connectivity index (χ0v) is 14.9. The molecule has 0 fully saturated rings. The molecule has 0 unspecified atom stereocenters. The minimum atomic E-state index is -0.745. The van der Waals surface area contributed by atoms with Crippen molar-refractivity contribution in [3.05, 3.63) is 0 Å². The molecule has 0 bridgehead atoms. The highest BCUT2D eigenvalue weighted by atomic mass is 16.4. The zero-order chi connectivity index (χ0) is 17.9. The van der Waals surface area contributed by atoms with Crippen molar-refractivity contribution in [3.63, 3.8) is 0 Å². The Kier molecular flexibility index (Phi) is 19.8. The van der Waals surface area contributed by atoms with Gasteiger partial charge < -0.3 is 21.3 Å². The Labute approximate surface area is 140 Å². The predicted octanol–water partition coefficient (Wildman–Crippen LogP) is 3.00. The summed E-state index contributed by atoms with van der Waals surface area (Å²) in [6, 6.07) is -0.396. The summed E-state index contributed by atoms with van der Waals surface area (Å²) in [5, 5.41) is 19.9. The average Bonchev–Trinajstić information content (AvgIpc) is 2.52. The molecule has 0 radical (unpaired) electrons. The first-order valence-electron chi connectivity index (χ1n) is 8.87. The van der Waals surface area contributed by atoms with E-state index in [0.717, 1.165) is 25.8 Å². The molecule has 0 aliphatic rings. The van der Waals surface area contributed by atoms with Crippen LogP contribution in [0.25, 0.3) is 0 Å². The number of carboxylic acid groups (broad SMARTS) is 2. The van der Waals surface area contributed by atoms with Gasteiger partial charge in [-0.05, 0) is 32.4 Å².